The van der Waals surface area contributed by atoms with Crippen molar-refractivity contribution in [2.75, 3.05) is 18.2 Å². The zero-order valence-corrected chi connectivity index (χ0v) is 23.0. The molecule has 0 saturated carbocycles. The molecule has 0 aliphatic heterocycles. The van der Waals surface area contributed by atoms with E-state index in [2.05, 4.69) is 41.3 Å². The highest BCUT2D eigenvalue weighted by Crippen LogP contribution is 2.38. The van der Waals surface area contributed by atoms with Crippen LogP contribution in [-0.4, -0.2) is 28.2 Å². The summed E-state index contributed by atoms with van der Waals surface area (Å²) in [5.74, 6) is 0.807. The van der Waals surface area contributed by atoms with Gasteiger partial charge in [-0.25, -0.2) is 9.97 Å². The summed E-state index contributed by atoms with van der Waals surface area (Å²) in [7, 11) is 1.60. The van der Waals surface area contributed by atoms with E-state index in [1.54, 1.807) is 7.11 Å². The number of pyridine rings is 1. The van der Waals surface area contributed by atoms with E-state index in [1.807, 2.05) is 49.4 Å². The van der Waals surface area contributed by atoms with Gasteiger partial charge < -0.3 is 15.8 Å². The molecule has 0 aliphatic rings. The van der Waals surface area contributed by atoms with Crippen molar-refractivity contribution in [3.8, 4) is 29.0 Å². The molecule has 2 aromatic heterocycles. The minimum atomic E-state index is -0.570. The monoisotopic (exact) mass is 542 g/mol. The maximum Gasteiger partial charge on any atom is 0.239 e. The van der Waals surface area contributed by atoms with Crippen molar-refractivity contribution in [1.82, 2.24) is 9.97 Å². The summed E-state index contributed by atoms with van der Waals surface area (Å²) < 4.78 is 6.16. The molecule has 1 atom stereocenters. The van der Waals surface area contributed by atoms with Gasteiger partial charge >= 0.3 is 0 Å². The van der Waals surface area contributed by atoms with Gasteiger partial charge in [-0.2, -0.15) is 10.5 Å². The molecule has 1 unspecified atom stereocenters. The Labute approximate surface area is 229 Å². The SMILES string of the molecule is CCC(Sc1nc(N)c(C#N)c(-c2ccc(C(C)C)cc2)c1C#N)C(=O)Nc1nc2ccc(OC)cc2s1. The lowest BCUT2D eigenvalue weighted by molar-refractivity contribution is -0.115. The third kappa shape index (κ3) is 5.42. The predicted octanol–water partition coefficient (Wildman–Crippen LogP) is 6.33. The van der Waals surface area contributed by atoms with Crippen molar-refractivity contribution in [3.05, 3.63) is 59.2 Å². The van der Waals surface area contributed by atoms with Crippen molar-refractivity contribution >= 4 is 50.2 Å². The molecule has 3 N–H and O–H groups in total. The Morgan fingerprint density at radius 2 is 1.84 bits per heavy atom. The summed E-state index contributed by atoms with van der Waals surface area (Å²) >= 11 is 2.50. The first kappa shape index (κ1) is 26.9. The number of hydrogen-bond donors (Lipinski definition) is 2. The molecule has 0 spiro atoms. The van der Waals surface area contributed by atoms with E-state index in [4.69, 9.17) is 10.5 Å². The fraction of sp³-hybridized carbons (Fsp3) is 0.250. The van der Waals surface area contributed by atoms with Crippen molar-refractivity contribution in [2.45, 2.75) is 43.4 Å². The number of nitrogens with two attached hydrogens (primary N) is 1. The van der Waals surface area contributed by atoms with E-state index in [0.717, 1.165) is 27.5 Å². The normalized spacial score (nSPS) is 11.7. The van der Waals surface area contributed by atoms with Crippen LogP contribution in [-0.2, 0) is 4.79 Å². The molecule has 0 fully saturated rings. The van der Waals surface area contributed by atoms with Crippen LogP contribution in [0.2, 0.25) is 0 Å². The van der Waals surface area contributed by atoms with Crippen LogP contribution in [0, 0.1) is 22.7 Å². The van der Waals surface area contributed by atoms with E-state index < -0.39 is 5.25 Å². The van der Waals surface area contributed by atoms with Crippen LogP contribution in [0.1, 0.15) is 49.8 Å². The number of benzene rings is 2. The van der Waals surface area contributed by atoms with Gasteiger partial charge in [0, 0.05) is 5.56 Å². The number of carbonyl (C=O) groups is 1. The van der Waals surface area contributed by atoms with Crippen LogP contribution in [0.3, 0.4) is 0 Å². The molecule has 192 valence electrons. The highest BCUT2D eigenvalue weighted by atomic mass is 32.2. The Hall–Kier alpha value is -4.12. The Morgan fingerprint density at radius 1 is 1.13 bits per heavy atom. The standard InChI is InChI=1S/C28H26N6O2S2/c1-5-22(26(35)34-28-32-21-11-10-18(36-4)12-23(21)38-28)37-27-20(14-30)24(19(13-29)25(31)33-27)17-8-6-16(7-9-17)15(2)3/h6-12,15,22H,5H2,1-4H3,(H2,31,33)(H,32,34,35). The van der Waals surface area contributed by atoms with Crippen molar-refractivity contribution in [3.63, 3.8) is 0 Å². The van der Waals surface area contributed by atoms with Gasteiger partial charge in [-0.15, -0.1) is 0 Å². The van der Waals surface area contributed by atoms with Crippen LogP contribution in [0.5, 0.6) is 5.75 Å². The number of anilines is 2. The Morgan fingerprint density at radius 3 is 2.45 bits per heavy atom. The third-order valence-corrected chi connectivity index (χ3v) is 8.31. The van der Waals surface area contributed by atoms with Gasteiger partial charge in [-0.05, 0) is 41.7 Å². The largest absolute Gasteiger partial charge is 0.497 e. The first-order valence-electron chi connectivity index (χ1n) is 12.0. The molecule has 0 saturated heterocycles. The number of nitrogens with one attached hydrogen (secondary N) is 1. The van der Waals surface area contributed by atoms with Gasteiger partial charge in [0.25, 0.3) is 0 Å². The Balaban J connectivity index is 1.66. The van der Waals surface area contributed by atoms with Gasteiger partial charge in [-0.3, -0.25) is 4.79 Å². The van der Waals surface area contributed by atoms with Crippen LogP contribution >= 0.6 is 23.1 Å². The fourth-order valence-corrected chi connectivity index (χ4v) is 5.85. The van der Waals surface area contributed by atoms with E-state index in [0.29, 0.717) is 39.4 Å². The average Bonchev–Trinajstić information content (AvgIpc) is 3.32. The lowest BCUT2D eigenvalue weighted by atomic mass is 9.94. The number of nitriles is 2. The molecular formula is C28H26N6O2S2. The van der Waals surface area contributed by atoms with Gasteiger partial charge in [0.15, 0.2) is 5.13 Å². The summed E-state index contributed by atoms with van der Waals surface area (Å²) in [6.07, 6.45) is 0.472. The maximum absolute atomic E-state index is 13.2. The number of fused-ring (bicyclic) bond motifs is 1. The summed E-state index contributed by atoms with van der Waals surface area (Å²) in [4.78, 5) is 22.1. The van der Waals surface area contributed by atoms with E-state index in [-0.39, 0.29) is 22.9 Å². The number of thiazole rings is 1. The van der Waals surface area contributed by atoms with E-state index in [1.165, 1.54) is 11.3 Å². The van der Waals surface area contributed by atoms with Gasteiger partial charge in [-0.1, -0.05) is 68.1 Å². The second kappa shape index (κ2) is 11.5. The van der Waals surface area contributed by atoms with Gasteiger partial charge in [0.05, 0.1) is 28.1 Å². The molecule has 4 rings (SSSR count). The van der Waals surface area contributed by atoms with Crippen molar-refractivity contribution in [1.29, 1.82) is 10.5 Å². The summed E-state index contributed by atoms with van der Waals surface area (Å²) in [6.45, 7) is 6.07. The molecule has 38 heavy (non-hydrogen) atoms. The fourth-order valence-electron chi connectivity index (χ4n) is 3.94. The van der Waals surface area contributed by atoms with Crippen LogP contribution < -0.4 is 15.8 Å². The lowest BCUT2D eigenvalue weighted by Gasteiger charge is -2.17. The molecule has 0 aliphatic carbocycles. The number of thioether (sulfide) groups is 1. The Kier molecular flexibility index (Phi) is 8.16. The number of hydrogen-bond acceptors (Lipinski definition) is 9. The molecule has 8 nitrogen and oxygen atoms in total. The number of nitrogen functional groups attached to an aromatic ring is 1. The molecule has 0 radical (unpaired) electrons. The van der Waals surface area contributed by atoms with Crippen molar-refractivity contribution in [2.24, 2.45) is 0 Å². The third-order valence-electron chi connectivity index (χ3n) is 6.02. The molecule has 2 aromatic carbocycles. The second-order valence-corrected chi connectivity index (χ2v) is 11.0. The quantitative estimate of drug-likeness (QED) is 0.247. The minimum absolute atomic E-state index is 0.0207. The minimum Gasteiger partial charge on any atom is -0.497 e. The zero-order valence-electron chi connectivity index (χ0n) is 21.4. The number of nitrogens with zero attached hydrogens (tertiary/aromatic N) is 4. The molecular weight excluding hydrogens is 516 g/mol. The highest BCUT2D eigenvalue weighted by molar-refractivity contribution is 8.00. The number of methoxy groups -OCH3 is 1. The first-order chi connectivity index (χ1) is 18.3. The number of aromatic nitrogens is 2. The molecule has 1 amide bonds. The molecule has 2 heterocycles. The Bertz CT molecular complexity index is 1580. The average molecular weight is 543 g/mol. The van der Waals surface area contributed by atoms with Crippen LogP contribution in [0.15, 0.2) is 47.5 Å². The zero-order chi connectivity index (χ0) is 27.4. The van der Waals surface area contributed by atoms with E-state index >= 15 is 0 Å². The van der Waals surface area contributed by atoms with E-state index in [9.17, 15) is 15.3 Å². The lowest BCUT2D eigenvalue weighted by Crippen LogP contribution is -2.25. The number of ether oxygens (including phenoxy) is 1. The van der Waals surface area contributed by atoms with Gasteiger partial charge in [0.2, 0.25) is 5.91 Å². The smallest absolute Gasteiger partial charge is 0.239 e. The number of amides is 1. The highest BCUT2D eigenvalue weighted by Gasteiger charge is 2.26. The summed E-state index contributed by atoms with van der Waals surface area (Å²) in [6, 6.07) is 17.5. The predicted molar refractivity (Wildman–Crippen MR) is 152 cm³/mol. The summed E-state index contributed by atoms with van der Waals surface area (Å²) in [5, 5.41) is 23.0. The van der Waals surface area contributed by atoms with Crippen molar-refractivity contribution < 1.29 is 9.53 Å². The van der Waals surface area contributed by atoms with Gasteiger partial charge in [0.1, 0.15) is 34.3 Å². The van der Waals surface area contributed by atoms with Crippen LogP contribution in [0.25, 0.3) is 21.3 Å². The van der Waals surface area contributed by atoms with Crippen LogP contribution in [0.4, 0.5) is 10.9 Å². The molecule has 4 aromatic rings. The maximum atomic E-state index is 13.2. The number of carbonyl (C=O) groups excluding carboxylic acids is 1. The second-order valence-electron chi connectivity index (χ2n) is 8.78. The number of rotatable bonds is 8. The summed E-state index contributed by atoms with van der Waals surface area (Å²) in [5.41, 5.74) is 9.56. The molecule has 0 bridgehead atoms. The molecule has 10 heteroatoms. The first-order valence-corrected chi connectivity index (χ1v) is 13.6. The topological polar surface area (TPSA) is 138 Å².